The molecule has 3 aromatic carbocycles. The van der Waals surface area contributed by atoms with E-state index in [4.69, 9.17) is 23.3 Å². The second-order valence-corrected chi connectivity index (χ2v) is 9.97. The zero-order valence-corrected chi connectivity index (χ0v) is 21.1. The van der Waals surface area contributed by atoms with Gasteiger partial charge in [0.2, 0.25) is 0 Å². The Labute approximate surface area is 205 Å². The Morgan fingerprint density at radius 2 is 1.23 bits per heavy atom. The summed E-state index contributed by atoms with van der Waals surface area (Å²) in [5.74, 6) is 0.509. The third kappa shape index (κ3) is 7.42. The van der Waals surface area contributed by atoms with Crippen LogP contribution in [0.25, 0.3) is 0 Å². The predicted octanol–water partition coefficient (Wildman–Crippen LogP) is 6.26. The molecule has 35 heavy (non-hydrogen) atoms. The number of benzene rings is 3. The van der Waals surface area contributed by atoms with Crippen LogP contribution in [0.2, 0.25) is 0 Å². The molecule has 0 aliphatic carbocycles. The molecule has 0 aliphatic heterocycles. The van der Waals surface area contributed by atoms with Gasteiger partial charge in [-0.25, -0.2) is 9.36 Å². The van der Waals surface area contributed by atoms with Crippen LogP contribution >= 0.6 is 7.60 Å². The Kier molecular flexibility index (Phi) is 9.04. The molecule has 0 aliphatic rings. The van der Waals surface area contributed by atoms with Crippen molar-refractivity contribution >= 4 is 13.7 Å². The van der Waals surface area contributed by atoms with E-state index < -0.39 is 19.5 Å². The second-order valence-electron chi connectivity index (χ2n) is 7.97. The topological polar surface area (TPSA) is 92.3 Å². The number of methoxy groups -OCH3 is 2. The first-order chi connectivity index (χ1) is 16.8. The van der Waals surface area contributed by atoms with Gasteiger partial charge in [0.05, 0.1) is 14.2 Å². The Morgan fingerprint density at radius 3 is 1.66 bits per heavy atom. The van der Waals surface area contributed by atoms with Crippen LogP contribution < -0.4 is 23.8 Å². The zero-order chi connectivity index (χ0) is 25.3. The molecule has 0 saturated heterocycles. The molecule has 1 N–H and O–H groups in total. The van der Waals surface area contributed by atoms with Crippen molar-refractivity contribution in [2.45, 2.75) is 26.2 Å². The number of hydrogen-bond acceptors (Lipinski definition) is 7. The number of amides is 1. The lowest BCUT2D eigenvalue weighted by Gasteiger charge is -2.30. The highest BCUT2D eigenvalue weighted by Gasteiger charge is 2.43. The molecule has 9 heteroatoms. The van der Waals surface area contributed by atoms with Crippen LogP contribution in [0, 0.1) is 5.92 Å². The minimum atomic E-state index is -4.02. The molecule has 3 rings (SSSR count). The maximum atomic E-state index is 14.2. The van der Waals surface area contributed by atoms with E-state index >= 15 is 0 Å². The number of alkyl carbamates (subject to hydrolysis) is 1. The van der Waals surface area contributed by atoms with E-state index in [1.54, 1.807) is 62.8 Å². The van der Waals surface area contributed by atoms with Crippen molar-refractivity contribution in [1.29, 1.82) is 0 Å². The first-order valence-corrected chi connectivity index (χ1v) is 12.7. The Balaban J connectivity index is 1.84. The molecule has 0 heterocycles. The van der Waals surface area contributed by atoms with Crippen LogP contribution in [0.5, 0.6) is 23.0 Å². The monoisotopic (exact) mass is 499 g/mol. The van der Waals surface area contributed by atoms with E-state index in [0.717, 1.165) is 5.56 Å². The average Bonchev–Trinajstić information content (AvgIpc) is 2.87. The van der Waals surface area contributed by atoms with Crippen LogP contribution in [0.4, 0.5) is 4.79 Å². The maximum absolute atomic E-state index is 14.2. The van der Waals surface area contributed by atoms with Crippen molar-refractivity contribution in [3.8, 4) is 23.0 Å². The number of rotatable bonds is 11. The Morgan fingerprint density at radius 1 is 0.771 bits per heavy atom. The summed E-state index contributed by atoms with van der Waals surface area (Å²) in [6.07, 6.45) is -0.732. The van der Waals surface area contributed by atoms with Gasteiger partial charge in [0, 0.05) is 0 Å². The molecule has 0 spiro atoms. The summed E-state index contributed by atoms with van der Waals surface area (Å²) in [5.41, 5.74) is 0.830. The van der Waals surface area contributed by atoms with E-state index in [0.29, 0.717) is 23.0 Å². The van der Waals surface area contributed by atoms with Gasteiger partial charge in [-0.1, -0.05) is 44.2 Å². The van der Waals surface area contributed by atoms with Gasteiger partial charge in [0.25, 0.3) is 0 Å². The van der Waals surface area contributed by atoms with Gasteiger partial charge >= 0.3 is 13.7 Å². The fourth-order valence-corrected chi connectivity index (χ4v) is 5.28. The van der Waals surface area contributed by atoms with Crippen LogP contribution in [0.1, 0.15) is 19.4 Å². The van der Waals surface area contributed by atoms with Crippen LogP contribution in [-0.4, -0.2) is 26.1 Å². The third-order valence-corrected chi connectivity index (χ3v) is 7.37. The van der Waals surface area contributed by atoms with Gasteiger partial charge in [0.15, 0.2) is 5.78 Å². The summed E-state index contributed by atoms with van der Waals surface area (Å²) in [6, 6.07) is 22.5. The van der Waals surface area contributed by atoms with Gasteiger partial charge in [-0.15, -0.1) is 0 Å². The van der Waals surface area contributed by atoms with Gasteiger partial charge in [-0.3, -0.25) is 0 Å². The number of nitrogens with one attached hydrogen (secondary N) is 1. The van der Waals surface area contributed by atoms with Crippen LogP contribution in [0.15, 0.2) is 78.9 Å². The summed E-state index contributed by atoms with van der Waals surface area (Å²) in [6.45, 7) is 3.69. The van der Waals surface area contributed by atoms with E-state index in [9.17, 15) is 9.36 Å². The fraction of sp³-hybridized carbons (Fsp3) is 0.269. The van der Waals surface area contributed by atoms with Gasteiger partial charge in [-0.05, 0) is 60.0 Å². The summed E-state index contributed by atoms with van der Waals surface area (Å²) in [4.78, 5) is 12.7. The standard InChI is InChI=1S/C26H30NO7P/c1-19(2)25(27-26(28)32-18-20-8-6-5-7-9-20)35(29,33-23-14-10-21(30-3)11-15-23)34-24-16-12-22(31-4)13-17-24/h5-17,19,25H,18H2,1-4H3,(H,27,28)/t25-/m0/s1. The van der Waals surface area contributed by atoms with E-state index in [-0.39, 0.29) is 12.5 Å². The van der Waals surface area contributed by atoms with E-state index in [1.807, 2.05) is 44.2 Å². The highest BCUT2D eigenvalue weighted by molar-refractivity contribution is 7.55. The van der Waals surface area contributed by atoms with Crippen molar-refractivity contribution in [2.75, 3.05) is 14.2 Å². The van der Waals surface area contributed by atoms with Crippen LogP contribution in [0.3, 0.4) is 0 Å². The molecule has 3 aromatic rings. The fourth-order valence-electron chi connectivity index (χ4n) is 3.20. The van der Waals surface area contributed by atoms with Gasteiger partial charge < -0.3 is 28.6 Å². The smallest absolute Gasteiger partial charge is 0.453 e. The lowest BCUT2D eigenvalue weighted by Crippen LogP contribution is -2.41. The number of ether oxygens (including phenoxy) is 3. The minimum Gasteiger partial charge on any atom is -0.497 e. The highest BCUT2D eigenvalue weighted by Crippen LogP contribution is 2.54. The summed E-state index contributed by atoms with van der Waals surface area (Å²) < 4.78 is 41.8. The largest absolute Gasteiger partial charge is 0.497 e. The molecular formula is C26H30NO7P. The SMILES string of the molecule is COc1ccc(OP(=O)(Oc2ccc(OC)cc2)[C@H](NC(=O)OCc2ccccc2)C(C)C)cc1. The predicted molar refractivity (Wildman–Crippen MR) is 133 cm³/mol. The maximum Gasteiger partial charge on any atom is 0.453 e. The number of carbonyl (C=O) groups is 1. The molecule has 0 saturated carbocycles. The number of carbonyl (C=O) groups excluding carboxylic acids is 1. The zero-order valence-electron chi connectivity index (χ0n) is 20.2. The van der Waals surface area contributed by atoms with Crippen molar-refractivity contribution < 1.29 is 32.6 Å². The normalized spacial score (nSPS) is 11.9. The van der Waals surface area contributed by atoms with Crippen LogP contribution in [-0.2, 0) is 15.9 Å². The first-order valence-electron chi connectivity index (χ1n) is 11.1. The first kappa shape index (κ1) is 26.0. The van der Waals surface area contributed by atoms with Crippen molar-refractivity contribution in [1.82, 2.24) is 5.32 Å². The lowest BCUT2D eigenvalue weighted by molar-refractivity contribution is 0.135. The van der Waals surface area contributed by atoms with Gasteiger partial charge in [0.1, 0.15) is 29.6 Å². The molecule has 0 radical (unpaired) electrons. The quantitative estimate of drug-likeness (QED) is 0.311. The van der Waals surface area contributed by atoms with E-state index in [1.165, 1.54) is 0 Å². The Hall–Kier alpha value is -3.64. The Bertz CT molecular complexity index is 1070. The molecule has 0 fully saturated rings. The molecule has 1 atom stereocenters. The molecular weight excluding hydrogens is 469 g/mol. The summed E-state index contributed by atoms with van der Waals surface area (Å²) >= 11 is 0. The van der Waals surface area contributed by atoms with Crippen molar-refractivity contribution in [2.24, 2.45) is 5.92 Å². The average molecular weight is 500 g/mol. The minimum absolute atomic E-state index is 0.0699. The van der Waals surface area contributed by atoms with Gasteiger partial charge in [-0.2, -0.15) is 0 Å². The molecule has 0 unspecified atom stereocenters. The molecule has 186 valence electrons. The summed E-state index contributed by atoms with van der Waals surface area (Å²) in [7, 11) is -0.922. The lowest BCUT2D eigenvalue weighted by atomic mass is 10.2. The van der Waals surface area contributed by atoms with Crippen molar-refractivity contribution in [3.63, 3.8) is 0 Å². The third-order valence-electron chi connectivity index (χ3n) is 5.03. The van der Waals surface area contributed by atoms with Crippen molar-refractivity contribution in [3.05, 3.63) is 84.4 Å². The number of hydrogen-bond donors (Lipinski definition) is 1. The summed E-state index contributed by atoms with van der Waals surface area (Å²) in [5, 5.41) is 2.69. The molecule has 1 amide bonds. The molecule has 8 nitrogen and oxygen atoms in total. The molecule has 0 aromatic heterocycles. The van der Waals surface area contributed by atoms with E-state index in [2.05, 4.69) is 5.32 Å². The highest BCUT2D eigenvalue weighted by atomic mass is 31.2. The molecule has 0 bridgehead atoms. The second kappa shape index (κ2) is 12.2.